The number of Topliss-reactive ketones (excluding diaryl/α,β-unsaturated/α-hetero) is 1. The lowest BCUT2D eigenvalue weighted by atomic mass is 10.0. The highest BCUT2D eigenvalue weighted by Crippen LogP contribution is 2.22. The molecular weight excluding hydrogens is 313 g/mol. The molecule has 0 atom stereocenters. The standard InChI is InChI=1S/C14H11BrFNO2/c1-19-14-11(3-2-6-17-14)13(18)8-9-7-10(16)4-5-12(9)15/h2-7H,8H2,1H3. The second-order valence-electron chi connectivity index (χ2n) is 3.90. The molecule has 0 amide bonds. The molecule has 1 heterocycles. The number of nitrogens with zero attached hydrogens (tertiary/aromatic N) is 1. The molecule has 0 radical (unpaired) electrons. The van der Waals surface area contributed by atoms with E-state index in [0.717, 1.165) is 0 Å². The number of hydrogen-bond acceptors (Lipinski definition) is 3. The third-order valence-corrected chi connectivity index (χ3v) is 3.40. The molecule has 0 bridgehead atoms. The van der Waals surface area contributed by atoms with Gasteiger partial charge in [0.05, 0.1) is 12.7 Å². The fraction of sp³-hybridized carbons (Fsp3) is 0.143. The summed E-state index contributed by atoms with van der Waals surface area (Å²) in [6.45, 7) is 0. The molecule has 2 rings (SSSR count). The fourth-order valence-electron chi connectivity index (χ4n) is 1.71. The Hall–Kier alpha value is -1.75. The minimum absolute atomic E-state index is 0.0837. The Morgan fingerprint density at radius 3 is 2.95 bits per heavy atom. The van der Waals surface area contributed by atoms with E-state index in [4.69, 9.17) is 4.74 Å². The van der Waals surface area contributed by atoms with Gasteiger partial charge in [0.25, 0.3) is 0 Å². The Bertz CT molecular complexity index is 616. The summed E-state index contributed by atoms with van der Waals surface area (Å²) >= 11 is 3.30. The van der Waals surface area contributed by atoms with Crippen LogP contribution in [0.4, 0.5) is 4.39 Å². The molecule has 19 heavy (non-hydrogen) atoms. The Morgan fingerprint density at radius 2 is 2.21 bits per heavy atom. The summed E-state index contributed by atoms with van der Waals surface area (Å²) in [6.07, 6.45) is 1.63. The first kappa shape index (κ1) is 13.7. The molecule has 5 heteroatoms. The van der Waals surface area contributed by atoms with E-state index in [1.54, 1.807) is 24.4 Å². The maximum atomic E-state index is 13.2. The average molecular weight is 324 g/mol. The predicted octanol–water partition coefficient (Wildman–Crippen LogP) is 3.42. The largest absolute Gasteiger partial charge is 0.480 e. The van der Waals surface area contributed by atoms with E-state index in [9.17, 15) is 9.18 Å². The molecule has 0 aliphatic rings. The van der Waals surface area contributed by atoms with Crippen LogP contribution in [0.25, 0.3) is 0 Å². The first-order valence-electron chi connectivity index (χ1n) is 5.58. The zero-order chi connectivity index (χ0) is 13.8. The molecule has 0 saturated heterocycles. The van der Waals surface area contributed by atoms with Crippen LogP contribution in [0.1, 0.15) is 15.9 Å². The molecule has 98 valence electrons. The quantitative estimate of drug-likeness (QED) is 0.809. The molecule has 1 aromatic carbocycles. The van der Waals surface area contributed by atoms with Crippen LogP contribution in [-0.2, 0) is 6.42 Å². The van der Waals surface area contributed by atoms with Gasteiger partial charge in [0, 0.05) is 17.1 Å². The van der Waals surface area contributed by atoms with Gasteiger partial charge in [-0.05, 0) is 35.9 Å². The van der Waals surface area contributed by atoms with Gasteiger partial charge in [0.2, 0.25) is 5.88 Å². The van der Waals surface area contributed by atoms with Crippen LogP contribution in [0.3, 0.4) is 0 Å². The van der Waals surface area contributed by atoms with Crippen molar-refractivity contribution in [2.24, 2.45) is 0 Å². The van der Waals surface area contributed by atoms with Gasteiger partial charge >= 0.3 is 0 Å². The number of benzene rings is 1. The SMILES string of the molecule is COc1ncccc1C(=O)Cc1cc(F)ccc1Br. The van der Waals surface area contributed by atoms with E-state index in [0.29, 0.717) is 15.6 Å². The summed E-state index contributed by atoms with van der Waals surface area (Å²) in [4.78, 5) is 16.2. The average Bonchev–Trinajstić information content (AvgIpc) is 2.42. The number of hydrogen-bond donors (Lipinski definition) is 0. The zero-order valence-corrected chi connectivity index (χ0v) is 11.8. The van der Waals surface area contributed by atoms with Crippen molar-refractivity contribution in [1.82, 2.24) is 4.98 Å². The van der Waals surface area contributed by atoms with Crippen molar-refractivity contribution >= 4 is 21.7 Å². The molecule has 0 N–H and O–H groups in total. The van der Waals surface area contributed by atoms with Crippen LogP contribution >= 0.6 is 15.9 Å². The number of methoxy groups -OCH3 is 1. The normalized spacial score (nSPS) is 10.3. The summed E-state index contributed by atoms with van der Waals surface area (Å²) in [5.41, 5.74) is 0.983. The van der Waals surface area contributed by atoms with Gasteiger partial charge in [-0.2, -0.15) is 0 Å². The van der Waals surface area contributed by atoms with Crippen LogP contribution < -0.4 is 4.74 Å². The Balaban J connectivity index is 2.28. The number of ketones is 1. The molecule has 0 saturated carbocycles. The summed E-state index contributed by atoms with van der Waals surface area (Å²) in [7, 11) is 1.46. The number of aromatic nitrogens is 1. The van der Waals surface area contributed by atoms with Crippen molar-refractivity contribution < 1.29 is 13.9 Å². The van der Waals surface area contributed by atoms with Gasteiger partial charge in [-0.3, -0.25) is 4.79 Å². The van der Waals surface area contributed by atoms with Crippen LogP contribution in [-0.4, -0.2) is 17.9 Å². The molecule has 0 unspecified atom stereocenters. The second-order valence-corrected chi connectivity index (χ2v) is 4.75. The highest BCUT2D eigenvalue weighted by atomic mass is 79.9. The lowest BCUT2D eigenvalue weighted by Gasteiger charge is -2.07. The third kappa shape index (κ3) is 3.17. The minimum atomic E-state index is -0.371. The first-order valence-corrected chi connectivity index (χ1v) is 6.37. The van der Waals surface area contributed by atoms with Crippen molar-refractivity contribution in [3.8, 4) is 5.88 Å². The fourth-order valence-corrected chi connectivity index (χ4v) is 2.10. The monoisotopic (exact) mass is 323 g/mol. The van der Waals surface area contributed by atoms with Crippen molar-refractivity contribution in [2.45, 2.75) is 6.42 Å². The van der Waals surface area contributed by atoms with Gasteiger partial charge in [-0.15, -0.1) is 0 Å². The number of carbonyl (C=O) groups is 1. The number of ether oxygens (including phenoxy) is 1. The lowest BCUT2D eigenvalue weighted by Crippen LogP contribution is -2.07. The van der Waals surface area contributed by atoms with Crippen molar-refractivity contribution in [3.63, 3.8) is 0 Å². The van der Waals surface area contributed by atoms with Crippen LogP contribution in [0, 0.1) is 5.82 Å². The van der Waals surface area contributed by atoms with E-state index in [1.807, 2.05) is 0 Å². The first-order chi connectivity index (χ1) is 9.11. The van der Waals surface area contributed by atoms with E-state index in [1.165, 1.54) is 19.2 Å². The number of rotatable bonds is 4. The van der Waals surface area contributed by atoms with E-state index in [-0.39, 0.29) is 23.9 Å². The predicted molar refractivity (Wildman–Crippen MR) is 72.9 cm³/mol. The Morgan fingerprint density at radius 1 is 1.42 bits per heavy atom. The minimum Gasteiger partial charge on any atom is -0.480 e. The summed E-state index contributed by atoms with van der Waals surface area (Å²) in [5, 5.41) is 0. The van der Waals surface area contributed by atoms with Gasteiger partial charge in [0.1, 0.15) is 5.82 Å². The molecule has 0 spiro atoms. The molecule has 0 aliphatic carbocycles. The van der Waals surface area contributed by atoms with Crippen LogP contribution in [0.2, 0.25) is 0 Å². The molecule has 2 aromatic rings. The van der Waals surface area contributed by atoms with E-state index >= 15 is 0 Å². The smallest absolute Gasteiger partial charge is 0.224 e. The van der Waals surface area contributed by atoms with Crippen LogP contribution in [0.5, 0.6) is 5.88 Å². The maximum Gasteiger partial charge on any atom is 0.224 e. The zero-order valence-electron chi connectivity index (χ0n) is 10.2. The van der Waals surface area contributed by atoms with E-state index in [2.05, 4.69) is 20.9 Å². The number of halogens is 2. The highest BCUT2D eigenvalue weighted by Gasteiger charge is 2.15. The summed E-state index contributed by atoms with van der Waals surface area (Å²) in [6, 6.07) is 7.56. The van der Waals surface area contributed by atoms with Crippen molar-refractivity contribution in [1.29, 1.82) is 0 Å². The molecule has 1 aromatic heterocycles. The van der Waals surface area contributed by atoms with Gasteiger partial charge in [-0.1, -0.05) is 15.9 Å². The molecule has 3 nitrogen and oxygen atoms in total. The summed E-state index contributed by atoms with van der Waals surface area (Å²) < 4.78 is 18.9. The lowest BCUT2D eigenvalue weighted by molar-refractivity contribution is 0.0989. The third-order valence-electron chi connectivity index (χ3n) is 2.62. The number of carbonyl (C=O) groups excluding carboxylic acids is 1. The van der Waals surface area contributed by atoms with Crippen molar-refractivity contribution in [2.75, 3.05) is 7.11 Å². The van der Waals surface area contributed by atoms with E-state index < -0.39 is 0 Å². The van der Waals surface area contributed by atoms with Crippen LogP contribution in [0.15, 0.2) is 41.0 Å². The van der Waals surface area contributed by atoms with Gasteiger partial charge < -0.3 is 4.74 Å². The molecular formula is C14H11BrFNO2. The number of pyridine rings is 1. The van der Waals surface area contributed by atoms with Crippen molar-refractivity contribution in [3.05, 3.63) is 57.9 Å². The van der Waals surface area contributed by atoms with Gasteiger partial charge in [-0.25, -0.2) is 9.37 Å². The topological polar surface area (TPSA) is 39.2 Å². The maximum absolute atomic E-state index is 13.2. The Kier molecular flexibility index (Phi) is 4.27. The highest BCUT2D eigenvalue weighted by molar-refractivity contribution is 9.10. The van der Waals surface area contributed by atoms with Gasteiger partial charge in [0.15, 0.2) is 5.78 Å². The second kappa shape index (κ2) is 5.93. The Labute approximate surface area is 118 Å². The summed E-state index contributed by atoms with van der Waals surface area (Å²) in [5.74, 6) is -0.263. The molecule has 0 fully saturated rings. The molecule has 0 aliphatic heterocycles.